The maximum absolute atomic E-state index is 9.81. The molecular formula is C9H13BrN2O2. The molecule has 2 N–H and O–H groups in total. The molecule has 14 heavy (non-hydrogen) atoms. The van der Waals surface area contributed by atoms with Crippen molar-refractivity contribution in [1.29, 1.82) is 0 Å². The van der Waals surface area contributed by atoms with E-state index in [4.69, 9.17) is 4.74 Å². The first-order valence-electron chi connectivity index (χ1n) is 4.20. The third-order valence-electron chi connectivity index (χ3n) is 1.85. The van der Waals surface area contributed by atoms with E-state index in [-0.39, 0.29) is 0 Å². The molecule has 0 spiro atoms. The van der Waals surface area contributed by atoms with Crippen molar-refractivity contribution in [3.8, 4) is 5.75 Å². The van der Waals surface area contributed by atoms with Gasteiger partial charge in [0, 0.05) is 22.8 Å². The lowest BCUT2D eigenvalue weighted by Gasteiger charge is -2.15. The van der Waals surface area contributed by atoms with E-state index < -0.39 is 6.10 Å². The number of aliphatic hydroxyl groups is 1. The Morgan fingerprint density at radius 1 is 1.64 bits per heavy atom. The quantitative estimate of drug-likeness (QED) is 0.852. The van der Waals surface area contributed by atoms with E-state index in [2.05, 4.69) is 26.2 Å². The van der Waals surface area contributed by atoms with Crippen LogP contribution in [-0.2, 0) is 0 Å². The minimum absolute atomic E-state index is 0.471. The van der Waals surface area contributed by atoms with Gasteiger partial charge in [0.25, 0.3) is 0 Å². The number of ether oxygens (including phenoxy) is 1. The molecule has 0 aliphatic rings. The van der Waals surface area contributed by atoms with Crippen LogP contribution in [0.1, 0.15) is 11.7 Å². The number of halogens is 1. The van der Waals surface area contributed by atoms with Crippen LogP contribution in [0, 0.1) is 0 Å². The minimum atomic E-state index is -0.604. The van der Waals surface area contributed by atoms with E-state index in [9.17, 15) is 5.11 Å². The monoisotopic (exact) mass is 260 g/mol. The zero-order valence-corrected chi connectivity index (χ0v) is 9.71. The Balaban J connectivity index is 3.03. The number of aromatic nitrogens is 1. The second-order valence-corrected chi connectivity index (χ2v) is 3.67. The van der Waals surface area contributed by atoms with Crippen LogP contribution in [0.25, 0.3) is 0 Å². The van der Waals surface area contributed by atoms with Crippen molar-refractivity contribution in [3.05, 3.63) is 22.4 Å². The highest BCUT2D eigenvalue weighted by atomic mass is 79.9. The van der Waals surface area contributed by atoms with Crippen molar-refractivity contribution in [2.45, 2.75) is 6.10 Å². The van der Waals surface area contributed by atoms with Gasteiger partial charge in [-0.3, -0.25) is 4.98 Å². The molecule has 1 heterocycles. The van der Waals surface area contributed by atoms with Gasteiger partial charge in [-0.25, -0.2) is 0 Å². The van der Waals surface area contributed by atoms with Crippen LogP contribution in [0.3, 0.4) is 0 Å². The summed E-state index contributed by atoms with van der Waals surface area (Å²) in [5.74, 6) is 0.585. The highest BCUT2D eigenvalue weighted by Crippen LogP contribution is 2.30. The van der Waals surface area contributed by atoms with Crippen molar-refractivity contribution in [2.24, 2.45) is 0 Å². The Morgan fingerprint density at radius 3 is 2.93 bits per heavy atom. The Labute approximate surface area is 91.4 Å². The first-order valence-corrected chi connectivity index (χ1v) is 5.00. The Bertz CT molecular complexity index is 307. The summed E-state index contributed by atoms with van der Waals surface area (Å²) >= 11 is 3.33. The van der Waals surface area contributed by atoms with Gasteiger partial charge in [0.05, 0.1) is 19.4 Å². The minimum Gasteiger partial charge on any atom is -0.495 e. The lowest BCUT2D eigenvalue weighted by Crippen LogP contribution is -2.17. The zero-order valence-electron chi connectivity index (χ0n) is 8.12. The van der Waals surface area contributed by atoms with Crippen molar-refractivity contribution in [1.82, 2.24) is 10.3 Å². The Hall–Kier alpha value is -0.650. The first kappa shape index (κ1) is 11.4. The number of hydrogen-bond acceptors (Lipinski definition) is 4. The van der Waals surface area contributed by atoms with Gasteiger partial charge in [0.1, 0.15) is 5.75 Å². The molecule has 0 aliphatic heterocycles. The van der Waals surface area contributed by atoms with E-state index in [0.717, 1.165) is 10.0 Å². The van der Waals surface area contributed by atoms with Gasteiger partial charge in [0.15, 0.2) is 0 Å². The van der Waals surface area contributed by atoms with Crippen LogP contribution in [0.5, 0.6) is 5.75 Å². The standard InChI is InChI=1S/C9H13BrN2O2/c1-11-4-7(13)9-6(10)3-12-5-8(9)14-2/h3,5,7,11,13H,4H2,1-2H3. The summed E-state index contributed by atoms with van der Waals surface area (Å²) in [5.41, 5.74) is 0.719. The van der Waals surface area contributed by atoms with Crippen LogP contribution in [0.15, 0.2) is 16.9 Å². The van der Waals surface area contributed by atoms with Gasteiger partial charge in [-0.2, -0.15) is 0 Å². The van der Waals surface area contributed by atoms with Crippen molar-refractivity contribution >= 4 is 15.9 Å². The molecule has 0 saturated heterocycles. The number of methoxy groups -OCH3 is 1. The van der Waals surface area contributed by atoms with Crippen molar-refractivity contribution in [3.63, 3.8) is 0 Å². The van der Waals surface area contributed by atoms with E-state index in [1.54, 1.807) is 26.6 Å². The number of rotatable bonds is 4. The number of likely N-dealkylation sites (N-methyl/N-ethyl adjacent to an activating group) is 1. The van der Waals surface area contributed by atoms with Crippen LogP contribution >= 0.6 is 15.9 Å². The number of nitrogens with zero attached hydrogens (tertiary/aromatic N) is 1. The summed E-state index contributed by atoms with van der Waals surface area (Å²) in [6, 6.07) is 0. The van der Waals surface area contributed by atoms with E-state index in [0.29, 0.717) is 12.3 Å². The first-order chi connectivity index (χ1) is 6.70. The summed E-state index contributed by atoms with van der Waals surface area (Å²) in [5, 5.41) is 12.7. The molecule has 0 fully saturated rings. The zero-order chi connectivity index (χ0) is 10.6. The lowest BCUT2D eigenvalue weighted by atomic mass is 10.1. The summed E-state index contributed by atoms with van der Waals surface area (Å²) in [7, 11) is 3.34. The van der Waals surface area contributed by atoms with Crippen LogP contribution in [0.2, 0.25) is 0 Å². The predicted molar refractivity (Wildman–Crippen MR) is 57.4 cm³/mol. The Morgan fingerprint density at radius 2 is 2.36 bits per heavy atom. The molecule has 78 valence electrons. The van der Waals surface area contributed by atoms with Gasteiger partial charge in [-0.1, -0.05) is 0 Å². The molecule has 1 aromatic rings. The third-order valence-corrected chi connectivity index (χ3v) is 2.48. The summed E-state index contributed by atoms with van der Waals surface area (Å²) < 4.78 is 5.86. The van der Waals surface area contributed by atoms with Crippen LogP contribution < -0.4 is 10.1 Å². The number of aliphatic hydroxyl groups excluding tert-OH is 1. The topological polar surface area (TPSA) is 54.4 Å². The maximum atomic E-state index is 9.81. The second kappa shape index (κ2) is 5.29. The van der Waals surface area contributed by atoms with Crippen LogP contribution in [-0.4, -0.2) is 30.8 Å². The van der Waals surface area contributed by atoms with Crippen LogP contribution in [0.4, 0.5) is 0 Å². The predicted octanol–water partition coefficient (Wildman–Crippen LogP) is 1.11. The fraction of sp³-hybridized carbons (Fsp3) is 0.444. The van der Waals surface area contributed by atoms with Crippen molar-refractivity contribution in [2.75, 3.05) is 20.7 Å². The third kappa shape index (κ3) is 2.43. The molecule has 1 aromatic heterocycles. The smallest absolute Gasteiger partial charge is 0.144 e. The van der Waals surface area contributed by atoms with Gasteiger partial charge in [-0.15, -0.1) is 0 Å². The summed E-state index contributed by atoms with van der Waals surface area (Å²) in [6.45, 7) is 0.471. The molecule has 0 bridgehead atoms. The maximum Gasteiger partial charge on any atom is 0.144 e. The number of pyridine rings is 1. The van der Waals surface area contributed by atoms with E-state index >= 15 is 0 Å². The largest absolute Gasteiger partial charge is 0.495 e. The molecule has 4 nitrogen and oxygen atoms in total. The lowest BCUT2D eigenvalue weighted by molar-refractivity contribution is 0.172. The molecule has 1 rings (SSSR count). The summed E-state index contributed by atoms with van der Waals surface area (Å²) in [6.07, 6.45) is 2.61. The summed E-state index contributed by atoms with van der Waals surface area (Å²) in [4.78, 5) is 3.95. The molecule has 1 atom stereocenters. The fourth-order valence-electron chi connectivity index (χ4n) is 1.21. The second-order valence-electron chi connectivity index (χ2n) is 2.81. The molecule has 0 amide bonds. The fourth-order valence-corrected chi connectivity index (χ4v) is 1.79. The molecule has 0 radical (unpaired) electrons. The van der Waals surface area contributed by atoms with Crippen molar-refractivity contribution < 1.29 is 9.84 Å². The van der Waals surface area contributed by atoms with Gasteiger partial charge in [0.2, 0.25) is 0 Å². The number of nitrogens with one attached hydrogen (secondary N) is 1. The molecular weight excluding hydrogens is 248 g/mol. The highest BCUT2D eigenvalue weighted by molar-refractivity contribution is 9.10. The molecule has 0 saturated carbocycles. The molecule has 0 aliphatic carbocycles. The number of hydrogen-bond donors (Lipinski definition) is 2. The highest BCUT2D eigenvalue weighted by Gasteiger charge is 2.16. The normalized spacial score (nSPS) is 12.6. The average Bonchev–Trinajstić information content (AvgIpc) is 2.17. The SMILES string of the molecule is CNCC(O)c1c(Br)cncc1OC. The van der Waals surface area contributed by atoms with Gasteiger partial charge < -0.3 is 15.2 Å². The average molecular weight is 261 g/mol. The van der Waals surface area contributed by atoms with Gasteiger partial charge >= 0.3 is 0 Å². The van der Waals surface area contributed by atoms with E-state index in [1.165, 1.54) is 0 Å². The van der Waals surface area contributed by atoms with Gasteiger partial charge in [-0.05, 0) is 23.0 Å². The Kier molecular flexibility index (Phi) is 4.31. The molecule has 5 heteroatoms. The van der Waals surface area contributed by atoms with E-state index in [1.807, 2.05) is 0 Å². The molecule has 1 unspecified atom stereocenters. The molecule has 0 aromatic carbocycles.